The maximum Gasteiger partial charge on any atom is 0.390 e. The van der Waals surface area contributed by atoms with E-state index in [1.165, 1.54) is 14.2 Å². The van der Waals surface area contributed by atoms with Gasteiger partial charge in [-0.25, -0.2) is 0 Å². The molecular formula is C13H18F3NO2. The number of hydrogen-bond donors (Lipinski definition) is 1. The minimum atomic E-state index is -4.24. The highest BCUT2D eigenvalue weighted by atomic mass is 19.4. The van der Waals surface area contributed by atoms with Crippen LogP contribution in [0, 0.1) is 0 Å². The van der Waals surface area contributed by atoms with Crippen molar-refractivity contribution in [2.75, 3.05) is 20.8 Å². The SMILES string of the molecule is CCNC(CC(F)(F)F)c1ccc(OC)cc1OC. The van der Waals surface area contributed by atoms with Crippen LogP contribution in [0.2, 0.25) is 0 Å². The van der Waals surface area contributed by atoms with Gasteiger partial charge in [0.25, 0.3) is 0 Å². The van der Waals surface area contributed by atoms with Crippen molar-refractivity contribution in [3.8, 4) is 11.5 Å². The van der Waals surface area contributed by atoms with Gasteiger partial charge in [0.2, 0.25) is 0 Å². The van der Waals surface area contributed by atoms with E-state index < -0.39 is 18.6 Å². The average molecular weight is 277 g/mol. The first kappa shape index (κ1) is 15.6. The molecule has 19 heavy (non-hydrogen) atoms. The van der Waals surface area contributed by atoms with Gasteiger partial charge in [-0.05, 0) is 12.6 Å². The molecule has 0 saturated heterocycles. The summed E-state index contributed by atoms with van der Waals surface area (Å²) in [6.07, 6.45) is -5.18. The Morgan fingerprint density at radius 3 is 2.37 bits per heavy atom. The van der Waals surface area contributed by atoms with Gasteiger partial charge < -0.3 is 14.8 Å². The van der Waals surface area contributed by atoms with Crippen LogP contribution in [0.1, 0.15) is 24.9 Å². The number of methoxy groups -OCH3 is 2. The number of ether oxygens (including phenoxy) is 2. The van der Waals surface area contributed by atoms with Crippen LogP contribution in [-0.2, 0) is 0 Å². The van der Waals surface area contributed by atoms with Gasteiger partial charge in [-0.15, -0.1) is 0 Å². The van der Waals surface area contributed by atoms with E-state index in [0.717, 1.165) is 0 Å². The van der Waals surface area contributed by atoms with Gasteiger partial charge in [0.1, 0.15) is 11.5 Å². The predicted molar refractivity (Wildman–Crippen MR) is 66.6 cm³/mol. The summed E-state index contributed by atoms with van der Waals surface area (Å²) in [5, 5.41) is 2.83. The second kappa shape index (κ2) is 6.65. The molecule has 1 atom stereocenters. The Morgan fingerprint density at radius 1 is 1.21 bits per heavy atom. The highest BCUT2D eigenvalue weighted by Crippen LogP contribution is 2.35. The minimum absolute atomic E-state index is 0.384. The van der Waals surface area contributed by atoms with Crippen LogP contribution in [0.15, 0.2) is 18.2 Å². The zero-order chi connectivity index (χ0) is 14.5. The first-order valence-corrected chi connectivity index (χ1v) is 5.93. The molecule has 1 rings (SSSR count). The Bertz CT molecular complexity index is 407. The van der Waals surface area contributed by atoms with Gasteiger partial charge >= 0.3 is 6.18 Å². The number of hydrogen-bond acceptors (Lipinski definition) is 3. The third kappa shape index (κ3) is 4.63. The molecule has 0 radical (unpaired) electrons. The number of alkyl halides is 3. The molecule has 0 aromatic heterocycles. The van der Waals surface area contributed by atoms with Crippen molar-refractivity contribution in [2.24, 2.45) is 0 Å². The molecule has 0 aliphatic heterocycles. The van der Waals surface area contributed by atoms with Crippen molar-refractivity contribution in [1.29, 1.82) is 0 Å². The lowest BCUT2D eigenvalue weighted by Crippen LogP contribution is -2.27. The van der Waals surface area contributed by atoms with Crippen molar-refractivity contribution in [3.05, 3.63) is 23.8 Å². The van der Waals surface area contributed by atoms with E-state index in [-0.39, 0.29) is 0 Å². The van der Waals surface area contributed by atoms with E-state index in [1.807, 2.05) is 0 Å². The molecule has 0 saturated carbocycles. The van der Waals surface area contributed by atoms with Crippen LogP contribution >= 0.6 is 0 Å². The number of nitrogens with one attached hydrogen (secondary N) is 1. The van der Waals surface area contributed by atoms with E-state index in [4.69, 9.17) is 9.47 Å². The molecule has 0 aliphatic carbocycles. The minimum Gasteiger partial charge on any atom is -0.497 e. The van der Waals surface area contributed by atoms with Gasteiger partial charge in [-0.3, -0.25) is 0 Å². The molecule has 0 bridgehead atoms. The maximum atomic E-state index is 12.6. The van der Waals surface area contributed by atoms with E-state index in [2.05, 4.69) is 5.32 Å². The molecule has 0 heterocycles. The smallest absolute Gasteiger partial charge is 0.390 e. The lowest BCUT2D eigenvalue weighted by atomic mass is 10.0. The summed E-state index contributed by atoms with van der Waals surface area (Å²) in [6.45, 7) is 2.20. The van der Waals surface area contributed by atoms with Gasteiger partial charge in [0.05, 0.1) is 20.6 Å². The molecule has 0 aliphatic rings. The lowest BCUT2D eigenvalue weighted by molar-refractivity contribution is -0.140. The molecule has 0 fully saturated rings. The first-order chi connectivity index (χ1) is 8.91. The van der Waals surface area contributed by atoms with Crippen molar-refractivity contribution in [3.63, 3.8) is 0 Å². The Kier molecular flexibility index (Phi) is 5.47. The van der Waals surface area contributed by atoms with Crippen LogP contribution in [0.3, 0.4) is 0 Å². The van der Waals surface area contributed by atoms with Crippen LogP contribution in [0.5, 0.6) is 11.5 Å². The fraction of sp³-hybridized carbons (Fsp3) is 0.538. The Balaban J connectivity index is 3.07. The van der Waals surface area contributed by atoms with Crippen LogP contribution in [0.25, 0.3) is 0 Å². The number of halogens is 3. The van der Waals surface area contributed by atoms with Crippen molar-refractivity contribution in [1.82, 2.24) is 5.32 Å². The van der Waals surface area contributed by atoms with E-state index in [0.29, 0.717) is 23.6 Å². The first-order valence-electron chi connectivity index (χ1n) is 5.93. The lowest BCUT2D eigenvalue weighted by Gasteiger charge is -2.22. The van der Waals surface area contributed by atoms with Crippen molar-refractivity contribution >= 4 is 0 Å². The van der Waals surface area contributed by atoms with Crippen LogP contribution < -0.4 is 14.8 Å². The third-order valence-electron chi connectivity index (χ3n) is 2.70. The number of rotatable bonds is 6. The summed E-state index contributed by atoms with van der Waals surface area (Å²) >= 11 is 0. The van der Waals surface area contributed by atoms with Gasteiger partial charge in [-0.2, -0.15) is 13.2 Å². The second-order valence-electron chi connectivity index (χ2n) is 4.04. The second-order valence-corrected chi connectivity index (χ2v) is 4.04. The predicted octanol–water partition coefficient (Wildman–Crippen LogP) is 3.31. The van der Waals surface area contributed by atoms with Gasteiger partial charge in [-0.1, -0.05) is 13.0 Å². The summed E-state index contributed by atoms with van der Waals surface area (Å²) in [5.41, 5.74) is 0.475. The van der Waals surface area contributed by atoms with Crippen molar-refractivity contribution in [2.45, 2.75) is 25.6 Å². The topological polar surface area (TPSA) is 30.5 Å². The molecule has 1 unspecified atom stereocenters. The molecular weight excluding hydrogens is 259 g/mol. The van der Waals surface area contributed by atoms with Crippen LogP contribution in [0.4, 0.5) is 13.2 Å². The van der Waals surface area contributed by atoms with E-state index in [9.17, 15) is 13.2 Å². The summed E-state index contributed by atoms with van der Waals surface area (Å²) in [6, 6.07) is 3.97. The quantitative estimate of drug-likeness (QED) is 0.865. The van der Waals surface area contributed by atoms with E-state index in [1.54, 1.807) is 25.1 Å². The average Bonchev–Trinajstić information content (AvgIpc) is 2.36. The van der Waals surface area contributed by atoms with Crippen molar-refractivity contribution < 1.29 is 22.6 Å². The Hall–Kier alpha value is -1.43. The molecule has 1 N–H and O–H groups in total. The zero-order valence-corrected chi connectivity index (χ0v) is 11.2. The molecule has 108 valence electrons. The monoisotopic (exact) mass is 277 g/mol. The van der Waals surface area contributed by atoms with E-state index >= 15 is 0 Å². The normalized spacial score (nSPS) is 13.2. The summed E-state index contributed by atoms with van der Waals surface area (Å²) in [4.78, 5) is 0. The molecule has 1 aromatic carbocycles. The Morgan fingerprint density at radius 2 is 1.89 bits per heavy atom. The molecule has 0 spiro atoms. The summed E-state index contributed by atoms with van der Waals surface area (Å²) < 4.78 is 47.9. The fourth-order valence-corrected chi connectivity index (χ4v) is 1.88. The molecule has 1 aromatic rings. The van der Waals surface area contributed by atoms with Gasteiger partial charge in [0, 0.05) is 17.7 Å². The molecule has 6 heteroatoms. The highest BCUT2D eigenvalue weighted by molar-refractivity contribution is 5.42. The maximum absolute atomic E-state index is 12.6. The summed E-state index contributed by atoms with van der Waals surface area (Å²) in [5.74, 6) is 0.928. The third-order valence-corrected chi connectivity index (χ3v) is 2.70. The zero-order valence-electron chi connectivity index (χ0n) is 11.2. The summed E-state index contributed by atoms with van der Waals surface area (Å²) in [7, 11) is 2.92. The fourth-order valence-electron chi connectivity index (χ4n) is 1.88. The standard InChI is InChI=1S/C13H18F3NO2/c1-4-17-11(8-13(14,15)16)10-6-5-9(18-2)7-12(10)19-3/h5-7,11,17H,4,8H2,1-3H3. The largest absolute Gasteiger partial charge is 0.497 e. The van der Waals surface area contributed by atoms with Gasteiger partial charge in [0.15, 0.2) is 0 Å². The van der Waals surface area contributed by atoms with Crippen LogP contribution in [-0.4, -0.2) is 26.9 Å². The Labute approximate surface area is 110 Å². The molecule has 0 amide bonds. The number of benzene rings is 1. The molecule has 3 nitrogen and oxygen atoms in total. The highest BCUT2D eigenvalue weighted by Gasteiger charge is 2.33.